The minimum atomic E-state index is -0.916. The van der Waals surface area contributed by atoms with Crippen LogP contribution in [0.25, 0.3) is 55.1 Å². The van der Waals surface area contributed by atoms with E-state index in [4.69, 9.17) is 4.74 Å². The van der Waals surface area contributed by atoms with Gasteiger partial charge >= 0.3 is 11.9 Å². The monoisotopic (exact) mass is 715 g/mol. The highest BCUT2D eigenvalue weighted by atomic mass is 16.5. The van der Waals surface area contributed by atoms with E-state index in [0.29, 0.717) is 29.9 Å². The van der Waals surface area contributed by atoms with Gasteiger partial charge in [-0.25, -0.2) is 9.59 Å². The van der Waals surface area contributed by atoms with E-state index in [9.17, 15) is 19.8 Å². The Morgan fingerprint density at radius 2 is 1.41 bits per heavy atom. The first-order valence-electron chi connectivity index (χ1n) is 17.9. The Hall–Kier alpha value is -6.64. The van der Waals surface area contributed by atoms with Crippen LogP contribution in [0, 0.1) is 0 Å². The maximum absolute atomic E-state index is 13.3. The number of aromatic hydroxyl groups is 1. The molecule has 0 fully saturated rings. The number of fused-ring (bicyclic) bond motifs is 3. The van der Waals surface area contributed by atoms with Crippen molar-refractivity contribution in [2.75, 3.05) is 20.7 Å². The molecule has 2 aromatic heterocycles. The molecule has 0 aliphatic carbocycles. The molecule has 8 rings (SSSR count). The van der Waals surface area contributed by atoms with Gasteiger partial charge in [0.25, 0.3) is 0 Å². The number of phenols is 1. The predicted octanol–water partition coefficient (Wildman–Crippen LogP) is 9.99. The number of nitrogens with one attached hydrogen (secondary N) is 1. The fraction of sp³-hybridized carbons (Fsp3) is 0.130. The van der Waals surface area contributed by atoms with Crippen LogP contribution in [0.1, 0.15) is 38.8 Å². The number of rotatable bonds is 9. The summed E-state index contributed by atoms with van der Waals surface area (Å²) in [4.78, 5) is 30.3. The zero-order chi connectivity index (χ0) is 37.8. The summed E-state index contributed by atoms with van der Waals surface area (Å²) in [6.07, 6.45) is 0. The Morgan fingerprint density at radius 3 is 2.11 bits per heavy atom. The number of para-hydroxylation sites is 1. The number of hydrogen-bond donors (Lipinski definition) is 3. The van der Waals surface area contributed by atoms with Gasteiger partial charge in [0, 0.05) is 34.9 Å². The molecule has 54 heavy (non-hydrogen) atoms. The van der Waals surface area contributed by atoms with Crippen molar-refractivity contribution in [3.8, 4) is 28.3 Å². The minimum Gasteiger partial charge on any atom is -0.508 e. The van der Waals surface area contributed by atoms with Gasteiger partial charge in [-0.15, -0.1) is 0 Å². The molecule has 0 amide bonds. The lowest BCUT2D eigenvalue weighted by molar-refractivity contribution is 0.0528. The van der Waals surface area contributed by atoms with Crippen LogP contribution in [-0.4, -0.2) is 57.3 Å². The molecular weight excluding hydrogens is 675 g/mol. The molecule has 0 saturated heterocycles. The summed E-state index contributed by atoms with van der Waals surface area (Å²) in [5.41, 5.74) is 7.66. The summed E-state index contributed by atoms with van der Waals surface area (Å²) in [5, 5.41) is 24.1. The lowest BCUT2D eigenvalue weighted by atomic mass is 10.0. The Bertz CT molecular complexity index is 2610. The number of carboxylic acids is 1. The fourth-order valence-electron chi connectivity index (χ4n) is 7.13. The lowest BCUT2D eigenvalue weighted by Crippen LogP contribution is -2.12. The highest BCUT2D eigenvalue weighted by Gasteiger charge is 2.28. The number of phenolic OH excluding ortho intramolecular Hbond substituents is 1. The SMILES string of the molecule is CCOC(=O)c1c(-c2ccccc2)n(Cc2ccccc2)c2ccc(O)c(CN(C)C)c12.O=C(O)c1c(-c2ccc3ccccc3c2)[nH]c2ccccc12. The lowest BCUT2D eigenvalue weighted by Gasteiger charge is -2.14. The predicted molar refractivity (Wildman–Crippen MR) is 216 cm³/mol. The molecule has 8 heteroatoms. The van der Waals surface area contributed by atoms with Gasteiger partial charge in [-0.2, -0.15) is 0 Å². The molecule has 0 unspecified atom stereocenters. The number of carboxylic acid groups (broad SMARTS) is 1. The molecule has 0 bridgehead atoms. The highest BCUT2D eigenvalue weighted by Crippen LogP contribution is 2.40. The van der Waals surface area contributed by atoms with Crippen LogP contribution < -0.4 is 0 Å². The number of carbonyl (C=O) groups is 2. The zero-order valence-corrected chi connectivity index (χ0v) is 30.4. The number of ether oxygens (including phenoxy) is 1. The van der Waals surface area contributed by atoms with Crippen LogP contribution in [-0.2, 0) is 17.8 Å². The van der Waals surface area contributed by atoms with Gasteiger partial charge in [0.15, 0.2) is 0 Å². The summed E-state index contributed by atoms with van der Waals surface area (Å²) in [6.45, 7) is 3.17. The van der Waals surface area contributed by atoms with Gasteiger partial charge in [-0.3, -0.25) is 0 Å². The van der Waals surface area contributed by atoms with Gasteiger partial charge in [0.1, 0.15) is 5.75 Å². The third-order valence-corrected chi connectivity index (χ3v) is 9.46. The van der Waals surface area contributed by atoms with E-state index in [2.05, 4.69) is 21.7 Å². The second kappa shape index (κ2) is 15.5. The minimum absolute atomic E-state index is 0.174. The van der Waals surface area contributed by atoms with Gasteiger partial charge in [0.05, 0.1) is 34.6 Å². The van der Waals surface area contributed by atoms with Gasteiger partial charge in [0.2, 0.25) is 0 Å². The van der Waals surface area contributed by atoms with E-state index in [0.717, 1.165) is 60.5 Å². The third-order valence-electron chi connectivity index (χ3n) is 9.46. The Balaban J connectivity index is 0.000000178. The molecule has 0 radical (unpaired) electrons. The maximum atomic E-state index is 13.3. The van der Waals surface area contributed by atoms with Gasteiger partial charge < -0.3 is 29.4 Å². The number of hydrogen-bond acceptors (Lipinski definition) is 5. The number of benzene rings is 6. The molecule has 2 heterocycles. The standard InChI is InChI=1S/C27H28N2O3.C19H13NO2/c1-4-32-27(31)25-24-21(18-28(2)3)23(30)16-15-22(24)29(17-19-11-7-5-8-12-19)26(25)20-13-9-6-10-14-20;21-19(22)17-15-7-3-4-8-16(15)20-18(17)14-10-9-12-5-1-2-6-13(12)11-14/h5-16,30H,4,17-18H2,1-3H3;1-11,20H,(H,21,22). The first-order valence-corrected chi connectivity index (χ1v) is 17.9. The van der Waals surface area contributed by atoms with Crippen LogP contribution in [0.5, 0.6) is 5.75 Å². The maximum Gasteiger partial charge on any atom is 0.340 e. The molecule has 8 nitrogen and oxygen atoms in total. The van der Waals surface area contributed by atoms with Crippen molar-refractivity contribution in [2.24, 2.45) is 0 Å². The smallest absolute Gasteiger partial charge is 0.340 e. The molecule has 8 aromatic rings. The molecule has 0 saturated carbocycles. The Morgan fingerprint density at radius 1 is 0.741 bits per heavy atom. The summed E-state index contributed by atoms with van der Waals surface area (Å²) in [5.74, 6) is -1.12. The summed E-state index contributed by atoms with van der Waals surface area (Å²) in [6, 6.07) is 45.2. The van der Waals surface area contributed by atoms with Crippen molar-refractivity contribution in [2.45, 2.75) is 20.0 Å². The first-order chi connectivity index (χ1) is 26.2. The Labute approximate surface area is 313 Å². The van der Waals surface area contributed by atoms with Crippen molar-refractivity contribution in [3.63, 3.8) is 0 Å². The van der Waals surface area contributed by atoms with E-state index >= 15 is 0 Å². The van der Waals surface area contributed by atoms with Gasteiger partial charge in [-0.1, -0.05) is 115 Å². The number of aromatic carboxylic acids is 1. The van der Waals surface area contributed by atoms with Crippen molar-refractivity contribution in [1.29, 1.82) is 0 Å². The molecule has 0 atom stereocenters. The van der Waals surface area contributed by atoms with Crippen LogP contribution in [0.3, 0.4) is 0 Å². The number of aromatic nitrogens is 2. The topological polar surface area (TPSA) is 108 Å². The summed E-state index contributed by atoms with van der Waals surface area (Å²) in [7, 11) is 3.89. The van der Waals surface area contributed by atoms with Crippen LogP contribution in [0.2, 0.25) is 0 Å². The normalized spacial score (nSPS) is 11.2. The first kappa shape index (κ1) is 35.7. The Kier molecular flexibility index (Phi) is 10.3. The molecule has 0 aliphatic rings. The molecule has 0 spiro atoms. The second-order valence-electron chi connectivity index (χ2n) is 13.4. The van der Waals surface area contributed by atoms with E-state index < -0.39 is 5.97 Å². The van der Waals surface area contributed by atoms with Crippen molar-refractivity contribution < 1.29 is 24.5 Å². The van der Waals surface area contributed by atoms with E-state index in [1.165, 1.54) is 0 Å². The number of aromatic amines is 1. The van der Waals surface area contributed by atoms with E-state index in [1.54, 1.807) is 13.0 Å². The van der Waals surface area contributed by atoms with Gasteiger partial charge in [-0.05, 0) is 72.7 Å². The molecule has 0 aliphatic heterocycles. The number of nitrogens with zero attached hydrogens (tertiary/aromatic N) is 2. The number of H-pyrrole nitrogens is 1. The average Bonchev–Trinajstić information content (AvgIpc) is 3.73. The fourth-order valence-corrected chi connectivity index (χ4v) is 7.13. The van der Waals surface area contributed by atoms with Crippen LogP contribution in [0.15, 0.2) is 140 Å². The highest BCUT2D eigenvalue weighted by molar-refractivity contribution is 6.12. The molecule has 6 aromatic carbocycles. The summed E-state index contributed by atoms with van der Waals surface area (Å²) < 4.78 is 7.67. The van der Waals surface area contributed by atoms with Crippen molar-refractivity contribution in [3.05, 3.63) is 162 Å². The number of carbonyl (C=O) groups excluding carboxylic acids is 1. The molecular formula is C46H41N3O5. The average molecular weight is 716 g/mol. The second-order valence-corrected chi connectivity index (χ2v) is 13.4. The van der Waals surface area contributed by atoms with Crippen molar-refractivity contribution in [1.82, 2.24) is 14.5 Å². The third kappa shape index (κ3) is 7.07. The van der Waals surface area contributed by atoms with Crippen LogP contribution >= 0.6 is 0 Å². The number of esters is 1. The van der Waals surface area contributed by atoms with E-state index in [-0.39, 0.29) is 18.3 Å². The van der Waals surface area contributed by atoms with Crippen LogP contribution in [0.4, 0.5) is 0 Å². The summed E-state index contributed by atoms with van der Waals surface area (Å²) >= 11 is 0. The molecule has 3 N–H and O–H groups in total. The molecule has 270 valence electrons. The quantitative estimate of drug-likeness (QED) is 0.128. The largest absolute Gasteiger partial charge is 0.508 e. The van der Waals surface area contributed by atoms with Crippen molar-refractivity contribution >= 4 is 44.5 Å². The van der Waals surface area contributed by atoms with E-state index in [1.807, 2.05) is 140 Å². The zero-order valence-electron chi connectivity index (χ0n) is 30.4.